The highest BCUT2D eigenvalue weighted by molar-refractivity contribution is 5.68. The number of carboxylic acids is 1. The minimum absolute atomic E-state index is 0.0769. The van der Waals surface area contributed by atoms with Crippen LogP contribution in [0.2, 0.25) is 0 Å². The van der Waals surface area contributed by atoms with E-state index in [4.69, 9.17) is 9.47 Å². The van der Waals surface area contributed by atoms with E-state index in [9.17, 15) is 9.90 Å². The minimum atomic E-state index is -0.787. The van der Waals surface area contributed by atoms with Crippen molar-refractivity contribution in [1.29, 1.82) is 0 Å². The van der Waals surface area contributed by atoms with Gasteiger partial charge in [-0.1, -0.05) is 68.1 Å². The van der Waals surface area contributed by atoms with Gasteiger partial charge in [0.05, 0.1) is 13.5 Å². The summed E-state index contributed by atoms with van der Waals surface area (Å²) in [5.74, 6) is 0.435. The number of aliphatic carboxylic acids is 1. The van der Waals surface area contributed by atoms with E-state index < -0.39 is 5.97 Å². The highest BCUT2D eigenvalue weighted by atomic mass is 16.5. The molecule has 146 valence electrons. The molecule has 0 fully saturated rings. The number of rotatable bonds is 11. The van der Waals surface area contributed by atoms with Gasteiger partial charge in [0.2, 0.25) is 0 Å². The Morgan fingerprint density at radius 1 is 1.11 bits per heavy atom. The molecule has 2 aromatic rings. The van der Waals surface area contributed by atoms with E-state index in [1.54, 1.807) is 7.11 Å². The molecule has 0 aliphatic heterocycles. The summed E-state index contributed by atoms with van der Waals surface area (Å²) in [5, 5.41) is 9.34. The molecule has 0 radical (unpaired) electrons. The molecule has 0 aromatic heterocycles. The second-order valence-corrected chi connectivity index (χ2v) is 6.94. The molecule has 0 aliphatic rings. The second kappa shape index (κ2) is 10.6. The SMILES string of the molecule is CCCCCC(CC(=O)O)c1cccc(OCc2ccc(C)cc2)c1OC. The summed E-state index contributed by atoms with van der Waals surface area (Å²) >= 11 is 0. The number of unbranched alkanes of at least 4 members (excludes halogenated alkanes) is 2. The van der Waals surface area contributed by atoms with Crippen molar-refractivity contribution in [2.45, 2.75) is 58.5 Å². The van der Waals surface area contributed by atoms with Gasteiger partial charge in [0, 0.05) is 5.56 Å². The van der Waals surface area contributed by atoms with Gasteiger partial charge in [-0.05, 0) is 30.9 Å². The monoisotopic (exact) mass is 370 g/mol. The normalized spacial score (nSPS) is 11.8. The van der Waals surface area contributed by atoms with Gasteiger partial charge in [-0.2, -0.15) is 0 Å². The van der Waals surface area contributed by atoms with Crippen molar-refractivity contribution in [3.05, 3.63) is 59.2 Å². The number of benzene rings is 2. The van der Waals surface area contributed by atoms with Crippen molar-refractivity contribution in [3.63, 3.8) is 0 Å². The lowest BCUT2D eigenvalue weighted by atomic mass is 9.89. The minimum Gasteiger partial charge on any atom is -0.493 e. The molecule has 0 spiro atoms. The van der Waals surface area contributed by atoms with Crippen LogP contribution in [0.25, 0.3) is 0 Å². The van der Waals surface area contributed by atoms with Gasteiger partial charge >= 0.3 is 5.97 Å². The lowest BCUT2D eigenvalue weighted by Gasteiger charge is -2.20. The Bertz CT molecular complexity index is 722. The van der Waals surface area contributed by atoms with E-state index in [0.29, 0.717) is 18.1 Å². The van der Waals surface area contributed by atoms with E-state index in [2.05, 4.69) is 26.0 Å². The summed E-state index contributed by atoms with van der Waals surface area (Å²) in [7, 11) is 1.61. The van der Waals surface area contributed by atoms with Gasteiger partial charge in [-0.15, -0.1) is 0 Å². The highest BCUT2D eigenvalue weighted by Crippen LogP contribution is 2.39. The fraction of sp³-hybridized carbons (Fsp3) is 0.435. The molecule has 0 saturated heterocycles. The van der Waals surface area contributed by atoms with Crippen molar-refractivity contribution in [3.8, 4) is 11.5 Å². The Hall–Kier alpha value is -2.49. The van der Waals surface area contributed by atoms with E-state index in [1.807, 2.05) is 30.3 Å². The van der Waals surface area contributed by atoms with Crippen molar-refractivity contribution in [2.75, 3.05) is 7.11 Å². The first-order valence-electron chi connectivity index (χ1n) is 9.62. The standard InChI is InChI=1S/C23H30O4/c1-4-5-6-8-19(15-22(24)25)20-9-7-10-21(23(20)26-3)27-16-18-13-11-17(2)12-14-18/h7,9-14,19H,4-6,8,15-16H2,1-3H3,(H,24,25). The first-order chi connectivity index (χ1) is 13.0. The van der Waals surface area contributed by atoms with Crippen molar-refractivity contribution in [1.82, 2.24) is 0 Å². The zero-order chi connectivity index (χ0) is 19.6. The summed E-state index contributed by atoms with van der Waals surface area (Å²) in [5.41, 5.74) is 3.21. The number of methoxy groups -OCH3 is 1. The van der Waals surface area contributed by atoms with Gasteiger partial charge < -0.3 is 14.6 Å². The summed E-state index contributed by atoms with van der Waals surface area (Å²) < 4.78 is 11.6. The Kier molecular flexibility index (Phi) is 8.18. The number of aryl methyl sites for hydroxylation is 1. The van der Waals surface area contributed by atoms with Crippen LogP contribution in [0.1, 0.15) is 61.6 Å². The Labute approximate surface area is 162 Å². The van der Waals surface area contributed by atoms with Gasteiger partial charge in [0.1, 0.15) is 6.61 Å². The maximum absolute atomic E-state index is 11.4. The van der Waals surface area contributed by atoms with Crippen LogP contribution in [0.3, 0.4) is 0 Å². The van der Waals surface area contributed by atoms with Crippen LogP contribution in [-0.2, 0) is 11.4 Å². The van der Waals surface area contributed by atoms with Crippen LogP contribution in [0.4, 0.5) is 0 Å². The summed E-state index contributed by atoms with van der Waals surface area (Å²) in [6.45, 7) is 4.64. The maximum atomic E-state index is 11.4. The first-order valence-corrected chi connectivity index (χ1v) is 9.62. The van der Waals surface area contributed by atoms with Gasteiger partial charge in [0.25, 0.3) is 0 Å². The predicted octanol–water partition coefficient (Wildman–Crippen LogP) is 5.72. The molecular formula is C23H30O4. The van der Waals surface area contributed by atoms with Crippen LogP contribution in [0, 0.1) is 6.92 Å². The molecule has 0 aliphatic carbocycles. The van der Waals surface area contributed by atoms with Crippen molar-refractivity contribution < 1.29 is 19.4 Å². The van der Waals surface area contributed by atoms with Crippen LogP contribution < -0.4 is 9.47 Å². The zero-order valence-electron chi connectivity index (χ0n) is 16.5. The van der Waals surface area contributed by atoms with Crippen molar-refractivity contribution >= 4 is 5.97 Å². The Morgan fingerprint density at radius 2 is 1.85 bits per heavy atom. The molecule has 2 aromatic carbocycles. The van der Waals surface area contributed by atoms with Crippen molar-refractivity contribution in [2.24, 2.45) is 0 Å². The third-order valence-electron chi connectivity index (χ3n) is 4.75. The number of carboxylic acid groups (broad SMARTS) is 1. The Balaban J connectivity index is 2.20. The zero-order valence-corrected chi connectivity index (χ0v) is 16.5. The molecule has 0 saturated carbocycles. The average Bonchev–Trinajstić information content (AvgIpc) is 2.66. The fourth-order valence-corrected chi connectivity index (χ4v) is 3.25. The molecule has 0 amide bonds. The summed E-state index contributed by atoms with van der Waals surface area (Å²) in [6.07, 6.45) is 4.14. The average molecular weight is 370 g/mol. The summed E-state index contributed by atoms with van der Waals surface area (Å²) in [4.78, 5) is 11.4. The lowest BCUT2D eigenvalue weighted by molar-refractivity contribution is -0.137. The molecule has 1 N–H and O–H groups in total. The number of hydrogen-bond donors (Lipinski definition) is 1. The largest absolute Gasteiger partial charge is 0.493 e. The first kappa shape index (κ1) is 20.8. The lowest BCUT2D eigenvalue weighted by Crippen LogP contribution is -2.09. The molecule has 1 unspecified atom stereocenters. The smallest absolute Gasteiger partial charge is 0.303 e. The van der Waals surface area contributed by atoms with Gasteiger partial charge in [0.15, 0.2) is 11.5 Å². The van der Waals surface area contributed by atoms with E-state index >= 15 is 0 Å². The number of para-hydroxylation sites is 1. The second-order valence-electron chi connectivity index (χ2n) is 6.94. The predicted molar refractivity (Wildman–Crippen MR) is 108 cm³/mol. The van der Waals surface area contributed by atoms with E-state index in [-0.39, 0.29) is 12.3 Å². The third-order valence-corrected chi connectivity index (χ3v) is 4.75. The molecule has 4 nitrogen and oxygen atoms in total. The maximum Gasteiger partial charge on any atom is 0.303 e. The van der Waals surface area contributed by atoms with Crippen LogP contribution in [-0.4, -0.2) is 18.2 Å². The molecular weight excluding hydrogens is 340 g/mol. The third kappa shape index (κ3) is 6.31. The van der Waals surface area contributed by atoms with Crippen LogP contribution >= 0.6 is 0 Å². The number of carbonyl (C=O) groups is 1. The van der Waals surface area contributed by atoms with Crippen LogP contribution in [0.15, 0.2) is 42.5 Å². The van der Waals surface area contributed by atoms with Crippen LogP contribution in [0.5, 0.6) is 11.5 Å². The van der Waals surface area contributed by atoms with E-state index in [1.165, 1.54) is 5.56 Å². The Morgan fingerprint density at radius 3 is 2.48 bits per heavy atom. The molecule has 0 heterocycles. The van der Waals surface area contributed by atoms with Gasteiger partial charge in [-0.25, -0.2) is 0 Å². The van der Waals surface area contributed by atoms with E-state index in [0.717, 1.165) is 36.8 Å². The topological polar surface area (TPSA) is 55.8 Å². The molecule has 27 heavy (non-hydrogen) atoms. The molecule has 0 bridgehead atoms. The molecule has 1 atom stereocenters. The van der Waals surface area contributed by atoms with Gasteiger partial charge in [-0.3, -0.25) is 4.79 Å². The number of hydrogen-bond acceptors (Lipinski definition) is 3. The fourth-order valence-electron chi connectivity index (χ4n) is 3.25. The highest BCUT2D eigenvalue weighted by Gasteiger charge is 2.21. The quantitative estimate of drug-likeness (QED) is 0.514. The number of ether oxygens (including phenoxy) is 2. The molecule has 2 rings (SSSR count). The molecule has 4 heteroatoms. The summed E-state index contributed by atoms with van der Waals surface area (Å²) in [6, 6.07) is 14.0.